The molecule has 0 atom stereocenters. The zero-order chi connectivity index (χ0) is 28.8. The topological polar surface area (TPSA) is 133 Å². The number of aromatic nitrogens is 6. The number of anilines is 2. The average Bonchev–Trinajstić information content (AvgIpc) is 3.59. The minimum Gasteiger partial charge on any atom is -0.475 e. The van der Waals surface area contributed by atoms with E-state index >= 15 is 0 Å². The number of piperidine rings is 1. The number of hydrogen-bond donors (Lipinski definition) is 2. The van der Waals surface area contributed by atoms with E-state index in [9.17, 15) is 18.0 Å². The fraction of sp³-hybridized carbons (Fsp3) is 0.385. The van der Waals surface area contributed by atoms with E-state index in [-0.39, 0.29) is 5.91 Å². The molecular formula is C26H27F3N8O3. The van der Waals surface area contributed by atoms with Crippen LogP contribution in [0.1, 0.15) is 30.9 Å². The zero-order valence-corrected chi connectivity index (χ0v) is 22.0. The first-order valence-corrected chi connectivity index (χ1v) is 12.6. The van der Waals surface area contributed by atoms with Crippen molar-refractivity contribution in [2.24, 2.45) is 7.05 Å². The van der Waals surface area contributed by atoms with Gasteiger partial charge in [0.15, 0.2) is 0 Å². The third kappa shape index (κ3) is 4.42. The molecule has 0 saturated carbocycles. The van der Waals surface area contributed by atoms with Crippen LogP contribution in [0.3, 0.4) is 0 Å². The summed E-state index contributed by atoms with van der Waals surface area (Å²) in [5.74, 6) is -1.68. The first kappa shape index (κ1) is 27.1. The Bertz CT molecular complexity index is 1570. The predicted octanol–water partition coefficient (Wildman–Crippen LogP) is 3.46. The maximum atomic E-state index is 13.7. The Morgan fingerprint density at radius 1 is 1.18 bits per heavy atom. The van der Waals surface area contributed by atoms with Crippen LogP contribution in [-0.2, 0) is 28.5 Å². The molecule has 40 heavy (non-hydrogen) atoms. The molecule has 0 bridgehead atoms. The van der Waals surface area contributed by atoms with Gasteiger partial charge in [-0.3, -0.25) is 9.48 Å². The molecule has 2 aliphatic rings. The van der Waals surface area contributed by atoms with Gasteiger partial charge in [0.25, 0.3) is 0 Å². The van der Waals surface area contributed by atoms with Crippen LogP contribution in [-0.4, -0.2) is 73.0 Å². The van der Waals surface area contributed by atoms with E-state index in [1.54, 1.807) is 22.1 Å². The summed E-state index contributed by atoms with van der Waals surface area (Å²) in [6.07, 6.45) is 6.30. The van der Waals surface area contributed by atoms with Crippen LogP contribution in [0.2, 0.25) is 0 Å². The lowest BCUT2D eigenvalue weighted by molar-refractivity contribution is -0.192. The van der Waals surface area contributed by atoms with Crippen molar-refractivity contribution < 1.29 is 27.9 Å². The van der Waals surface area contributed by atoms with Crippen LogP contribution < -0.4 is 9.80 Å². The average molecular weight is 557 g/mol. The van der Waals surface area contributed by atoms with Gasteiger partial charge in [-0.25, -0.2) is 19.7 Å². The number of aliphatic carboxylic acids is 1. The van der Waals surface area contributed by atoms with E-state index in [2.05, 4.69) is 31.9 Å². The second-order valence-corrected chi connectivity index (χ2v) is 9.78. The minimum absolute atomic E-state index is 0.167. The first-order valence-electron chi connectivity index (χ1n) is 12.6. The number of carboxylic acid groups (broad SMARTS) is 1. The number of pyridine rings is 1. The SMILES string of the molecule is CCc1c(-c2cnn(C)c2)[nH]c2ncc3c(c12)C1(CCN(c2ccncn2)CC1)C(=O)N3C.O=C(O)C(F)(F)F. The highest BCUT2D eigenvalue weighted by Gasteiger charge is 2.53. The summed E-state index contributed by atoms with van der Waals surface area (Å²) in [6, 6.07) is 1.93. The quantitative estimate of drug-likeness (QED) is 0.392. The molecule has 1 saturated heterocycles. The molecule has 2 N–H and O–H groups in total. The van der Waals surface area contributed by atoms with Crippen molar-refractivity contribution in [3.8, 4) is 11.3 Å². The van der Waals surface area contributed by atoms with E-state index in [0.717, 1.165) is 71.7 Å². The molecule has 2 aliphatic heterocycles. The van der Waals surface area contributed by atoms with E-state index in [0.29, 0.717) is 0 Å². The second-order valence-electron chi connectivity index (χ2n) is 9.78. The van der Waals surface area contributed by atoms with E-state index in [4.69, 9.17) is 14.9 Å². The van der Waals surface area contributed by atoms with E-state index in [1.807, 2.05) is 38.8 Å². The van der Waals surface area contributed by atoms with Gasteiger partial charge in [-0.2, -0.15) is 18.3 Å². The molecular weight excluding hydrogens is 529 g/mol. The Morgan fingerprint density at radius 3 is 2.42 bits per heavy atom. The van der Waals surface area contributed by atoms with Gasteiger partial charge < -0.3 is 19.9 Å². The molecule has 14 heteroatoms. The minimum atomic E-state index is -5.08. The van der Waals surface area contributed by atoms with Crippen LogP contribution >= 0.6 is 0 Å². The van der Waals surface area contributed by atoms with Crippen molar-refractivity contribution in [1.29, 1.82) is 0 Å². The number of alkyl halides is 3. The Morgan fingerprint density at radius 2 is 1.88 bits per heavy atom. The standard InChI is InChI=1S/C24H26N8O.C2HF3O2/c1-4-16-19-20-17(12-26-22(19)29-21(16)15-11-28-30(2)13-15)31(3)23(33)24(20)6-9-32(10-7-24)18-5-8-25-14-27-18;3-2(4,5)1(6)7/h5,8,11-14H,4,6-7,9-10H2,1-3H3,(H,26,29);(H,6,7). The summed E-state index contributed by atoms with van der Waals surface area (Å²) < 4.78 is 33.5. The van der Waals surface area contributed by atoms with Gasteiger partial charge in [-0.1, -0.05) is 6.92 Å². The van der Waals surface area contributed by atoms with Crippen LogP contribution in [0, 0.1) is 0 Å². The van der Waals surface area contributed by atoms with E-state index < -0.39 is 17.6 Å². The second kappa shape index (κ2) is 9.92. The highest BCUT2D eigenvalue weighted by molar-refractivity contribution is 6.13. The van der Waals surface area contributed by atoms with Crippen molar-refractivity contribution in [2.45, 2.75) is 37.8 Å². The van der Waals surface area contributed by atoms with Gasteiger partial charge in [-0.05, 0) is 30.9 Å². The molecule has 1 amide bonds. The lowest BCUT2D eigenvalue weighted by Crippen LogP contribution is -2.48. The molecule has 0 radical (unpaired) electrons. The van der Waals surface area contributed by atoms with Crippen molar-refractivity contribution >= 4 is 34.4 Å². The normalized spacial score (nSPS) is 16.3. The monoisotopic (exact) mass is 556 g/mol. The van der Waals surface area contributed by atoms with Gasteiger partial charge in [0.1, 0.15) is 17.8 Å². The third-order valence-electron chi connectivity index (χ3n) is 7.56. The number of halogens is 3. The lowest BCUT2D eigenvalue weighted by atomic mass is 9.72. The van der Waals surface area contributed by atoms with Crippen LogP contribution in [0.15, 0.2) is 37.2 Å². The van der Waals surface area contributed by atoms with E-state index in [1.165, 1.54) is 5.56 Å². The number of aromatic amines is 1. The summed E-state index contributed by atoms with van der Waals surface area (Å²) >= 11 is 0. The molecule has 4 aromatic rings. The number of carboxylic acids is 1. The molecule has 4 aromatic heterocycles. The van der Waals surface area contributed by atoms with Crippen molar-refractivity contribution in [3.05, 3.63) is 48.3 Å². The molecule has 1 fully saturated rings. The summed E-state index contributed by atoms with van der Waals surface area (Å²) in [5.41, 5.74) is 5.62. The van der Waals surface area contributed by atoms with Gasteiger partial charge in [0.05, 0.1) is 29.2 Å². The molecule has 6 heterocycles. The Hall–Kier alpha value is -4.49. The molecule has 6 rings (SSSR count). The number of hydrogen-bond acceptors (Lipinski definition) is 7. The number of nitrogens with one attached hydrogen (secondary N) is 1. The van der Waals surface area contributed by atoms with Crippen molar-refractivity contribution in [1.82, 2.24) is 29.7 Å². The molecule has 210 valence electrons. The third-order valence-corrected chi connectivity index (χ3v) is 7.56. The fourth-order valence-electron chi connectivity index (χ4n) is 5.69. The summed E-state index contributed by atoms with van der Waals surface area (Å²) in [6.45, 7) is 3.69. The lowest BCUT2D eigenvalue weighted by Gasteiger charge is -2.39. The number of amides is 1. The van der Waals surface area contributed by atoms with Crippen LogP contribution in [0.4, 0.5) is 24.7 Å². The van der Waals surface area contributed by atoms with Crippen LogP contribution in [0.5, 0.6) is 0 Å². The number of nitrogens with zero attached hydrogens (tertiary/aromatic N) is 7. The maximum Gasteiger partial charge on any atom is 0.490 e. The number of carbonyl (C=O) groups excluding carboxylic acids is 1. The first-order chi connectivity index (χ1) is 19.0. The fourth-order valence-corrected chi connectivity index (χ4v) is 5.69. The largest absolute Gasteiger partial charge is 0.490 e. The maximum absolute atomic E-state index is 13.7. The smallest absolute Gasteiger partial charge is 0.475 e. The number of rotatable bonds is 3. The summed E-state index contributed by atoms with van der Waals surface area (Å²) in [4.78, 5) is 43.4. The zero-order valence-electron chi connectivity index (χ0n) is 22.0. The highest BCUT2D eigenvalue weighted by atomic mass is 19.4. The molecule has 0 aromatic carbocycles. The Kier molecular flexibility index (Phi) is 6.72. The predicted molar refractivity (Wildman–Crippen MR) is 140 cm³/mol. The molecule has 11 nitrogen and oxygen atoms in total. The highest BCUT2D eigenvalue weighted by Crippen LogP contribution is 2.51. The Balaban J connectivity index is 0.000000411. The summed E-state index contributed by atoms with van der Waals surface area (Å²) in [7, 11) is 3.79. The van der Waals surface area contributed by atoms with Crippen molar-refractivity contribution in [3.63, 3.8) is 0 Å². The van der Waals surface area contributed by atoms with Crippen molar-refractivity contribution in [2.75, 3.05) is 29.9 Å². The Labute approximate surface area is 226 Å². The molecule has 1 spiro atoms. The van der Waals surface area contributed by atoms with Gasteiger partial charge in [0, 0.05) is 56.1 Å². The molecule has 0 unspecified atom stereocenters. The number of H-pyrrole nitrogens is 1. The number of aryl methyl sites for hydroxylation is 2. The summed E-state index contributed by atoms with van der Waals surface area (Å²) in [5, 5.41) is 12.6. The van der Waals surface area contributed by atoms with Crippen LogP contribution in [0.25, 0.3) is 22.3 Å². The number of carbonyl (C=O) groups is 2. The van der Waals surface area contributed by atoms with Gasteiger partial charge >= 0.3 is 12.1 Å². The van der Waals surface area contributed by atoms with Gasteiger partial charge in [-0.15, -0.1) is 0 Å². The number of likely N-dealkylation sites (N-methyl/N-ethyl adjacent to an activating group) is 1. The van der Waals surface area contributed by atoms with Gasteiger partial charge in [0.2, 0.25) is 5.91 Å². The molecule has 0 aliphatic carbocycles. The number of fused-ring (bicyclic) bond motifs is 4.